The summed E-state index contributed by atoms with van der Waals surface area (Å²) >= 11 is 0. The van der Waals surface area contributed by atoms with Crippen LogP contribution in [0.4, 0.5) is 0 Å². The Morgan fingerprint density at radius 1 is 1.02 bits per heavy atom. The monoisotopic (exact) mass is 555 g/mol. The molecule has 2 aromatic carbocycles. The van der Waals surface area contributed by atoms with Gasteiger partial charge in [0, 0.05) is 12.0 Å². The summed E-state index contributed by atoms with van der Waals surface area (Å²) in [4.78, 5) is 29.3. The number of hydrogen-bond acceptors (Lipinski definition) is 5. The largest absolute Gasteiger partial charge is 0.508 e. The minimum absolute atomic E-state index is 0.0222. The van der Waals surface area contributed by atoms with Crippen LogP contribution in [0.15, 0.2) is 71.3 Å². The van der Waals surface area contributed by atoms with Crippen molar-refractivity contribution in [1.29, 1.82) is 0 Å². The third kappa shape index (κ3) is 5.72. The molecule has 0 radical (unpaired) electrons. The number of allylic oxidation sites excluding steroid dienone is 1. The number of amides is 2. The van der Waals surface area contributed by atoms with Gasteiger partial charge in [-0.25, -0.2) is 0 Å². The van der Waals surface area contributed by atoms with E-state index in [-0.39, 0.29) is 47.5 Å². The number of phenolic OH excluding ortho intramolecular Hbond substituents is 1. The van der Waals surface area contributed by atoms with Gasteiger partial charge in [0.05, 0.1) is 24.5 Å². The number of nitrogens with zero attached hydrogens (tertiary/aromatic N) is 1. The Hall–Kier alpha value is -3.38. The topological polar surface area (TPSA) is 76.1 Å². The zero-order valence-electron chi connectivity index (χ0n) is 24.0. The minimum atomic E-state index is -0.321. The molecule has 216 valence electrons. The van der Waals surface area contributed by atoms with Gasteiger partial charge in [-0.3, -0.25) is 14.5 Å². The highest BCUT2D eigenvalue weighted by atomic mass is 16.5. The molecule has 2 aliphatic heterocycles. The molecule has 2 aromatic rings. The summed E-state index contributed by atoms with van der Waals surface area (Å²) < 4.78 is 12.7. The van der Waals surface area contributed by atoms with E-state index < -0.39 is 0 Å². The molecule has 41 heavy (non-hydrogen) atoms. The third-order valence-electron chi connectivity index (χ3n) is 9.56. The second kappa shape index (κ2) is 12.2. The second-order valence-corrected chi connectivity index (χ2v) is 12.1. The molecule has 1 N–H and O–H groups in total. The standard InChI is InChI=1S/C35H41NO5/c1-2-23(18-24-10-9-13-27(37)19-24)16-17-31-32-25(21-40-28-14-7-4-8-15-28)20-29-33(30(32)22-41-31)35(39)36(34(29)38)26-11-5-3-6-12-26/h4,7-10,13-15,18-19,26,29-31,33,37H,2-3,5-6,11-12,16-17,20-22H2,1H3/b23-18+/t29-,30+,31-,33-/m1/s1. The minimum Gasteiger partial charge on any atom is -0.508 e. The van der Waals surface area contributed by atoms with Crippen molar-refractivity contribution in [2.75, 3.05) is 13.2 Å². The van der Waals surface area contributed by atoms with Crippen LogP contribution in [0.2, 0.25) is 0 Å². The predicted octanol–water partition coefficient (Wildman–Crippen LogP) is 6.69. The van der Waals surface area contributed by atoms with Crippen LogP contribution in [-0.4, -0.2) is 47.2 Å². The lowest BCUT2D eigenvalue weighted by atomic mass is 9.69. The molecule has 0 bridgehead atoms. The van der Waals surface area contributed by atoms with Crippen molar-refractivity contribution in [1.82, 2.24) is 4.90 Å². The normalized spacial score (nSPS) is 26.9. The zero-order chi connectivity index (χ0) is 28.3. The van der Waals surface area contributed by atoms with Gasteiger partial charge in [0.2, 0.25) is 11.8 Å². The summed E-state index contributed by atoms with van der Waals surface area (Å²) in [7, 11) is 0. The molecule has 3 fully saturated rings. The van der Waals surface area contributed by atoms with Gasteiger partial charge < -0.3 is 14.6 Å². The average Bonchev–Trinajstić information content (AvgIpc) is 3.53. The molecular formula is C35H41NO5. The Bertz CT molecular complexity index is 1330. The number of hydrogen-bond donors (Lipinski definition) is 1. The lowest BCUT2D eigenvalue weighted by molar-refractivity contribution is -0.143. The molecule has 0 spiro atoms. The van der Waals surface area contributed by atoms with E-state index in [9.17, 15) is 14.7 Å². The van der Waals surface area contributed by atoms with Crippen molar-refractivity contribution in [3.63, 3.8) is 0 Å². The van der Waals surface area contributed by atoms with E-state index in [4.69, 9.17) is 9.47 Å². The Balaban J connectivity index is 1.25. The van der Waals surface area contributed by atoms with Gasteiger partial charge in [-0.2, -0.15) is 0 Å². The molecule has 2 amide bonds. The summed E-state index contributed by atoms with van der Waals surface area (Å²) in [6.45, 7) is 3.04. The molecule has 0 unspecified atom stereocenters. The number of likely N-dealkylation sites (tertiary alicyclic amines) is 1. The molecule has 0 aromatic heterocycles. The fourth-order valence-corrected chi connectivity index (χ4v) is 7.53. The molecule has 6 nitrogen and oxygen atoms in total. The predicted molar refractivity (Wildman–Crippen MR) is 158 cm³/mol. The maximum atomic E-state index is 13.9. The van der Waals surface area contributed by atoms with Gasteiger partial charge in [-0.05, 0) is 79.5 Å². The van der Waals surface area contributed by atoms with E-state index in [1.807, 2.05) is 42.5 Å². The third-order valence-corrected chi connectivity index (χ3v) is 9.56. The van der Waals surface area contributed by atoms with Crippen molar-refractivity contribution in [2.45, 2.75) is 76.9 Å². The van der Waals surface area contributed by atoms with Gasteiger partial charge in [-0.1, -0.05) is 68.2 Å². The van der Waals surface area contributed by atoms with Crippen molar-refractivity contribution in [3.8, 4) is 11.5 Å². The number of aromatic hydroxyl groups is 1. The Morgan fingerprint density at radius 2 is 1.83 bits per heavy atom. The highest BCUT2D eigenvalue weighted by Crippen LogP contribution is 2.51. The lowest BCUT2D eigenvalue weighted by Crippen LogP contribution is -2.42. The van der Waals surface area contributed by atoms with Gasteiger partial charge in [-0.15, -0.1) is 0 Å². The number of rotatable bonds is 9. The quantitative estimate of drug-likeness (QED) is 0.275. The van der Waals surface area contributed by atoms with Gasteiger partial charge in [0.15, 0.2) is 0 Å². The highest BCUT2D eigenvalue weighted by molar-refractivity contribution is 6.06. The summed E-state index contributed by atoms with van der Waals surface area (Å²) in [5.74, 6) is 0.408. The van der Waals surface area contributed by atoms with E-state index in [1.54, 1.807) is 17.0 Å². The lowest BCUT2D eigenvalue weighted by Gasteiger charge is -2.32. The first-order valence-corrected chi connectivity index (χ1v) is 15.4. The number of carbonyl (C=O) groups excluding carboxylic acids is 2. The van der Waals surface area contributed by atoms with E-state index >= 15 is 0 Å². The van der Waals surface area contributed by atoms with Crippen LogP contribution in [0.1, 0.15) is 70.3 Å². The first-order valence-electron chi connectivity index (χ1n) is 15.4. The van der Waals surface area contributed by atoms with Crippen LogP contribution in [0.25, 0.3) is 6.08 Å². The summed E-state index contributed by atoms with van der Waals surface area (Å²) in [6, 6.07) is 17.2. The van der Waals surface area contributed by atoms with Crippen molar-refractivity contribution in [3.05, 3.63) is 76.9 Å². The average molecular weight is 556 g/mol. The molecule has 4 aliphatic rings. The number of phenols is 1. The summed E-state index contributed by atoms with van der Waals surface area (Å²) in [5, 5.41) is 9.89. The zero-order valence-corrected chi connectivity index (χ0v) is 24.0. The van der Waals surface area contributed by atoms with Crippen molar-refractivity contribution >= 4 is 17.9 Å². The first-order chi connectivity index (χ1) is 20.0. The summed E-state index contributed by atoms with van der Waals surface area (Å²) in [6.07, 6.45) is 10.4. The Morgan fingerprint density at radius 3 is 2.59 bits per heavy atom. The number of imide groups is 1. The number of benzene rings is 2. The number of ether oxygens (including phenoxy) is 2. The van der Waals surface area contributed by atoms with E-state index in [2.05, 4.69) is 13.0 Å². The smallest absolute Gasteiger partial charge is 0.234 e. The van der Waals surface area contributed by atoms with Gasteiger partial charge >= 0.3 is 0 Å². The Labute approximate surface area is 243 Å². The molecule has 2 saturated heterocycles. The van der Waals surface area contributed by atoms with E-state index in [0.29, 0.717) is 19.6 Å². The fraction of sp³-hybridized carbons (Fsp3) is 0.486. The maximum absolute atomic E-state index is 13.9. The SMILES string of the molecule is CC/C(=C\c1cccc(O)c1)CC[C@H]1OC[C@H]2C1=C(COc1ccccc1)C[C@H]1C(=O)N(C3CCCCC3)C(=O)[C@H]12. The van der Waals surface area contributed by atoms with Crippen LogP contribution < -0.4 is 4.74 Å². The number of fused-ring (bicyclic) bond motifs is 3. The van der Waals surface area contributed by atoms with Crippen LogP contribution in [0.5, 0.6) is 11.5 Å². The van der Waals surface area contributed by atoms with E-state index in [0.717, 1.165) is 61.8 Å². The molecule has 2 heterocycles. The van der Waals surface area contributed by atoms with Crippen LogP contribution in [0, 0.1) is 17.8 Å². The fourth-order valence-electron chi connectivity index (χ4n) is 7.53. The number of para-hydroxylation sites is 1. The maximum Gasteiger partial charge on any atom is 0.234 e. The van der Waals surface area contributed by atoms with Crippen LogP contribution >= 0.6 is 0 Å². The number of carbonyl (C=O) groups is 2. The van der Waals surface area contributed by atoms with Crippen LogP contribution in [-0.2, 0) is 14.3 Å². The van der Waals surface area contributed by atoms with Crippen molar-refractivity contribution in [2.24, 2.45) is 17.8 Å². The molecule has 4 atom stereocenters. The Kier molecular flexibility index (Phi) is 8.29. The molecular weight excluding hydrogens is 514 g/mol. The molecule has 6 heteroatoms. The second-order valence-electron chi connectivity index (χ2n) is 12.1. The van der Waals surface area contributed by atoms with Crippen LogP contribution in [0.3, 0.4) is 0 Å². The molecule has 1 saturated carbocycles. The van der Waals surface area contributed by atoms with Crippen molar-refractivity contribution < 1.29 is 24.2 Å². The molecule has 2 aliphatic carbocycles. The van der Waals surface area contributed by atoms with Gasteiger partial charge in [0.25, 0.3) is 0 Å². The summed E-state index contributed by atoms with van der Waals surface area (Å²) in [5.41, 5.74) is 4.60. The first kappa shape index (κ1) is 27.8. The molecule has 6 rings (SSSR count). The highest BCUT2D eigenvalue weighted by Gasteiger charge is 2.58. The van der Waals surface area contributed by atoms with E-state index in [1.165, 1.54) is 17.6 Å². The van der Waals surface area contributed by atoms with Gasteiger partial charge in [0.1, 0.15) is 18.1 Å².